The maximum absolute atomic E-state index is 14.0. The lowest BCUT2D eigenvalue weighted by Crippen LogP contribution is -2.04. The third-order valence-electron chi connectivity index (χ3n) is 4.13. The second kappa shape index (κ2) is 9.77. The average Bonchev–Trinajstić information content (AvgIpc) is 2.69. The predicted molar refractivity (Wildman–Crippen MR) is 118 cm³/mol. The van der Waals surface area contributed by atoms with Gasteiger partial charge in [-0.3, -0.25) is 0 Å². The highest BCUT2D eigenvalue weighted by Gasteiger charge is 2.15. The van der Waals surface area contributed by atoms with E-state index in [1.54, 1.807) is 30.3 Å². The summed E-state index contributed by atoms with van der Waals surface area (Å²) in [4.78, 5) is 0. The highest BCUT2D eigenvalue weighted by molar-refractivity contribution is 6.42. The van der Waals surface area contributed by atoms with Crippen molar-refractivity contribution in [3.63, 3.8) is 0 Å². The van der Waals surface area contributed by atoms with Crippen molar-refractivity contribution in [1.82, 2.24) is 0 Å². The Balaban J connectivity index is 1.75. The van der Waals surface area contributed by atoms with Crippen molar-refractivity contribution >= 4 is 52.1 Å². The summed E-state index contributed by atoms with van der Waals surface area (Å²) in [5.41, 5.74) is 1.91. The molecular weight excluding hydrogens is 459 g/mol. The van der Waals surface area contributed by atoms with Gasteiger partial charge in [-0.05, 0) is 48.0 Å². The van der Waals surface area contributed by atoms with Crippen LogP contribution in [0, 0.1) is 5.82 Å². The number of halogens is 5. The SMILES string of the molecule is COc1cc(CNc2ccc(Cl)c(Cl)c2)cc(Cl)c1OCc1c(F)cccc1Cl. The molecule has 0 saturated heterocycles. The van der Waals surface area contributed by atoms with Gasteiger partial charge < -0.3 is 14.8 Å². The highest BCUT2D eigenvalue weighted by atomic mass is 35.5. The van der Waals surface area contributed by atoms with Crippen LogP contribution in [-0.4, -0.2) is 7.11 Å². The van der Waals surface area contributed by atoms with Crippen LogP contribution in [0.5, 0.6) is 11.5 Å². The van der Waals surface area contributed by atoms with Gasteiger partial charge in [0.05, 0.1) is 27.2 Å². The maximum Gasteiger partial charge on any atom is 0.180 e. The number of methoxy groups -OCH3 is 1. The fraction of sp³-hybridized carbons (Fsp3) is 0.143. The first-order chi connectivity index (χ1) is 13.9. The number of hydrogen-bond acceptors (Lipinski definition) is 3. The minimum absolute atomic E-state index is 0.0809. The maximum atomic E-state index is 14.0. The Morgan fingerprint density at radius 1 is 0.897 bits per heavy atom. The van der Waals surface area contributed by atoms with E-state index >= 15 is 0 Å². The van der Waals surface area contributed by atoms with Crippen LogP contribution in [0.15, 0.2) is 48.5 Å². The van der Waals surface area contributed by atoms with E-state index in [9.17, 15) is 4.39 Å². The first-order valence-corrected chi connectivity index (χ1v) is 10.0. The van der Waals surface area contributed by atoms with E-state index in [0.717, 1.165) is 11.3 Å². The molecule has 0 saturated carbocycles. The van der Waals surface area contributed by atoms with E-state index in [4.69, 9.17) is 55.9 Å². The standard InChI is InChI=1S/C21H16Cl4FNO2/c1-28-20-8-12(10-27-13-5-6-16(23)17(24)9-13)7-18(25)21(20)29-11-14-15(22)3-2-4-19(14)26/h2-9,27H,10-11H2,1H3. The molecule has 8 heteroatoms. The second-order valence-corrected chi connectivity index (χ2v) is 7.71. The second-order valence-electron chi connectivity index (χ2n) is 6.08. The Bertz CT molecular complexity index is 1010. The molecule has 152 valence electrons. The number of rotatable bonds is 7. The number of hydrogen-bond donors (Lipinski definition) is 1. The quantitative estimate of drug-likeness (QED) is 0.381. The van der Waals surface area contributed by atoms with Gasteiger partial charge in [-0.1, -0.05) is 52.5 Å². The van der Waals surface area contributed by atoms with Crippen molar-refractivity contribution in [3.05, 3.63) is 85.6 Å². The molecule has 0 fully saturated rings. The van der Waals surface area contributed by atoms with Crippen molar-refractivity contribution in [1.29, 1.82) is 0 Å². The lowest BCUT2D eigenvalue weighted by atomic mass is 10.2. The van der Waals surface area contributed by atoms with Crippen LogP contribution in [-0.2, 0) is 13.2 Å². The van der Waals surface area contributed by atoms with E-state index < -0.39 is 5.82 Å². The van der Waals surface area contributed by atoms with Crippen LogP contribution in [0.25, 0.3) is 0 Å². The molecule has 29 heavy (non-hydrogen) atoms. The molecule has 0 amide bonds. The fourth-order valence-corrected chi connectivity index (χ4v) is 3.44. The summed E-state index contributed by atoms with van der Waals surface area (Å²) < 4.78 is 25.1. The summed E-state index contributed by atoms with van der Waals surface area (Å²) in [5.74, 6) is 0.290. The minimum atomic E-state index is -0.449. The molecule has 0 aliphatic carbocycles. The first kappa shape index (κ1) is 21.8. The third-order valence-corrected chi connectivity index (χ3v) is 5.50. The van der Waals surface area contributed by atoms with Crippen LogP contribution < -0.4 is 14.8 Å². The highest BCUT2D eigenvalue weighted by Crippen LogP contribution is 2.38. The summed E-state index contributed by atoms with van der Waals surface area (Å²) >= 11 is 24.4. The van der Waals surface area contributed by atoms with Gasteiger partial charge in [-0.25, -0.2) is 4.39 Å². The lowest BCUT2D eigenvalue weighted by molar-refractivity contribution is 0.280. The smallest absolute Gasteiger partial charge is 0.180 e. The summed E-state index contributed by atoms with van der Waals surface area (Å²) in [6.45, 7) is 0.385. The molecule has 0 atom stereocenters. The number of nitrogens with one attached hydrogen (secondary N) is 1. The van der Waals surface area contributed by atoms with Crippen molar-refractivity contribution in [2.45, 2.75) is 13.2 Å². The van der Waals surface area contributed by atoms with Crippen LogP contribution >= 0.6 is 46.4 Å². The van der Waals surface area contributed by atoms with Gasteiger partial charge in [0.25, 0.3) is 0 Å². The van der Waals surface area contributed by atoms with E-state index in [1.807, 2.05) is 6.07 Å². The molecule has 3 aromatic rings. The summed E-state index contributed by atoms with van der Waals surface area (Å²) in [6, 6.07) is 13.2. The van der Waals surface area contributed by atoms with E-state index in [-0.39, 0.29) is 17.2 Å². The zero-order valence-corrected chi connectivity index (χ0v) is 18.3. The number of ether oxygens (including phenoxy) is 2. The van der Waals surface area contributed by atoms with E-state index in [1.165, 1.54) is 19.2 Å². The van der Waals surface area contributed by atoms with Crippen LogP contribution in [0.4, 0.5) is 10.1 Å². The molecule has 0 aliphatic heterocycles. The Morgan fingerprint density at radius 2 is 1.69 bits per heavy atom. The van der Waals surface area contributed by atoms with Crippen molar-refractivity contribution in [2.24, 2.45) is 0 Å². The predicted octanol–water partition coefficient (Wildman–Crippen LogP) is 7.64. The summed E-state index contributed by atoms with van der Waals surface area (Å²) in [6.07, 6.45) is 0. The molecule has 0 aromatic heterocycles. The summed E-state index contributed by atoms with van der Waals surface area (Å²) in [5, 5.41) is 4.80. The van der Waals surface area contributed by atoms with Gasteiger partial charge >= 0.3 is 0 Å². The van der Waals surface area contributed by atoms with Gasteiger partial charge in [0, 0.05) is 17.8 Å². The normalized spacial score (nSPS) is 10.7. The van der Waals surface area contributed by atoms with Crippen LogP contribution in [0.2, 0.25) is 20.1 Å². The van der Waals surface area contributed by atoms with Crippen molar-refractivity contribution in [2.75, 3.05) is 12.4 Å². The van der Waals surface area contributed by atoms with Gasteiger partial charge in [0.15, 0.2) is 11.5 Å². The Labute approximate surface area is 188 Å². The molecule has 0 heterocycles. The average molecular weight is 475 g/mol. The lowest BCUT2D eigenvalue weighted by Gasteiger charge is -2.16. The fourth-order valence-electron chi connectivity index (χ4n) is 2.64. The van der Waals surface area contributed by atoms with E-state index in [2.05, 4.69) is 5.32 Å². The number of benzene rings is 3. The monoisotopic (exact) mass is 473 g/mol. The molecular formula is C21H16Cl4FNO2. The molecule has 0 unspecified atom stereocenters. The zero-order valence-electron chi connectivity index (χ0n) is 15.2. The Kier molecular flexibility index (Phi) is 7.36. The molecule has 0 radical (unpaired) electrons. The summed E-state index contributed by atoms with van der Waals surface area (Å²) in [7, 11) is 1.50. The van der Waals surface area contributed by atoms with Crippen molar-refractivity contribution < 1.29 is 13.9 Å². The molecule has 0 spiro atoms. The number of anilines is 1. The molecule has 0 bridgehead atoms. The van der Waals surface area contributed by atoms with Gasteiger partial charge in [-0.15, -0.1) is 0 Å². The largest absolute Gasteiger partial charge is 0.493 e. The molecule has 3 nitrogen and oxygen atoms in total. The topological polar surface area (TPSA) is 30.5 Å². The molecule has 3 aromatic carbocycles. The van der Waals surface area contributed by atoms with E-state index in [0.29, 0.717) is 33.1 Å². The van der Waals surface area contributed by atoms with Gasteiger partial charge in [0.1, 0.15) is 12.4 Å². The van der Waals surface area contributed by atoms with Crippen molar-refractivity contribution in [3.8, 4) is 11.5 Å². The van der Waals surface area contributed by atoms with Crippen LogP contribution in [0.1, 0.15) is 11.1 Å². The third kappa shape index (κ3) is 5.40. The van der Waals surface area contributed by atoms with Crippen LogP contribution in [0.3, 0.4) is 0 Å². The molecule has 3 rings (SSSR count). The molecule has 0 aliphatic rings. The van der Waals surface area contributed by atoms with Gasteiger partial charge in [0.2, 0.25) is 0 Å². The first-order valence-electron chi connectivity index (χ1n) is 8.50. The molecule has 1 N–H and O–H groups in total. The Morgan fingerprint density at radius 3 is 2.38 bits per heavy atom. The Hall–Kier alpha value is -1.85. The zero-order chi connectivity index (χ0) is 21.0. The van der Waals surface area contributed by atoms with Gasteiger partial charge in [-0.2, -0.15) is 0 Å². The minimum Gasteiger partial charge on any atom is -0.493 e.